The van der Waals surface area contributed by atoms with Crippen molar-refractivity contribution in [3.05, 3.63) is 98.8 Å². The first kappa shape index (κ1) is 31.4. The normalized spacial score (nSPS) is 15.6. The summed E-state index contributed by atoms with van der Waals surface area (Å²) in [4.78, 5) is 65.9. The van der Waals surface area contributed by atoms with Crippen LogP contribution < -0.4 is 22.3 Å². The third-order valence-electron chi connectivity index (χ3n) is 8.70. The van der Waals surface area contributed by atoms with E-state index in [0.717, 1.165) is 53.4 Å². The SMILES string of the molecule is CC(C)C(=O)N1CCC(c2cc(-c3ccc(NC(=O)c4cn(C5CC5)c(=O)n(-c5cccnc5)c4=O)cc3)c(C(N)=NC=N)[nH]2)CC1. The van der Waals surface area contributed by atoms with Crippen molar-refractivity contribution in [2.45, 2.75) is 51.5 Å². The van der Waals surface area contributed by atoms with Crippen LogP contribution in [0, 0.1) is 11.3 Å². The number of carbonyl (C=O) groups excluding carboxylic acids is 2. The number of anilines is 1. The molecule has 1 aliphatic carbocycles. The Morgan fingerprint density at radius 2 is 1.83 bits per heavy atom. The molecule has 0 atom stereocenters. The second kappa shape index (κ2) is 13.0. The highest BCUT2D eigenvalue weighted by atomic mass is 16.2. The van der Waals surface area contributed by atoms with Crippen LogP contribution in [-0.2, 0) is 4.79 Å². The van der Waals surface area contributed by atoms with Gasteiger partial charge in [-0.2, -0.15) is 0 Å². The van der Waals surface area contributed by atoms with Gasteiger partial charge in [-0.25, -0.2) is 14.4 Å². The van der Waals surface area contributed by atoms with Crippen LogP contribution in [-0.4, -0.2) is 61.1 Å². The van der Waals surface area contributed by atoms with E-state index >= 15 is 0 Å². The van der Waals surface area contributed by atoms with E-state index in [4.69, 9.17) is 11.1 Å². The van der Waals surface area contributed by atoms with Crippen molar-refractivity contribution in [3.63, 3.8) is 0 Å². The molecule has 0 bridgehead atoms. The number of H-pyrrole nitrogens is 1. The van der Waals surface area contributed by atoms with Crippen molar-refractivity contribution in [3.8, 4) is 16.8 Å². The Labute approximate surface area is 270 Å². The summed E-state index contributed by atoms with van der Waals surface area (Å²) in [6.45, 7) is 5.18. The topological polar surface area (TPSA) is 184 Å². The number of aromatic amines is 1. The van der Waals surface area contributed by atoms with Gasteiger partial charge in [-0.05, 0) is 61.6 Å². The van der Waals surface area contributed by atoms with Crippen LogP contribution in [0.2, 0.25) is 0 Å². The number of amides is 2. The summed E-state index contributed by atoms with van der Waals surface area (Å²) in [6.07, 6.45) is 8.40. The molecule has 0 unspecified atom stereocenters. The summed E-state index contributed by atoms with van der Waals surface area (Å²) in [5, 5.41) is 10.2. The zero-order valence-corrected chi connectivity index (χ0v) is 26.3. The molecule has 0 spiro atoms. The molecule has 13 nitrogen and oxygen atoms in total. The number of amidine groups is 1. The number of rotatable bonds is 9. The van der Waals surface area contributed by atoms with Crippen molar-refractivity contribution >= 4 is 29.7 Å². The fourth-order valence-electron chi connectivity index (χ4n) is 6.02. The van der Waals surface area contributed by atoms with Crippen molar-refractivity contribution in [1.82, 2.24) is 24.0 Å². The van der Waals surface area contributed by atoms with E-state index in [1.165, 1.54) is 17.0 Å². The first-order valence-electron chi connectivity index (χ1n) is 15.7. The number of nitrogens with zero attached hydrogens (tertiary/aromatic N) is 5. The first-order valence-corrected chi connectivity index (χ1v) is 15.7. The fourth-order valence-corrected chi connectivity index (χ4v) is 6.02. The molecule has 4 aromatic rings. The van der Waals surface area contributed by atoms with Gasteiger partial charge in [0.05, 0.1) is 17.6 Å². The van der Waals surface area contributed by atoms with Gasteiger partial charge in [0.1, 0.15) is 17.7 Å². The van der Waals surface area contributed by atoms with E-state index in [-0.39, 0.29) is 40.9 Å². The third kappa shape index (κ3) is 6.41. The molecule has 242 valence electrons. The third-order valence-corrected chi connectivity index (χ3v) is 8.70. The van der Waals surface area contributed by atoms with Gasteiger partial charge in [-0.15, -0.1) is 0 Å². The maximum Gasteiger partial charge on any atom is 0.335 e. The smallest absolute Gasteiger partial charge is 0.335 e. The van der Waals surface area contributed by atoms with Crippen LogP contribution in [0.15, 0.2) is 75.6 Å². The molecule has 1 aromatic carbocycles. The number of nitrogens with two attached hydrogens (primary N) is 1. The Bertz CT molecular complexity index is 1960. The van der Waals surface area contributed by atoms with Gasteiger partial charge in [-0.3, -0.25) is 29.3 Å². The van der Waals surface area contributed by atoms with Crippen LogP contribution >= 0.6 is 0 Å². The van der Waals surface area contributed by atoms with E-state index in [2.05, 4.69) is 20.3 Å². The molecule has 47 heavy (non-hydrogen) atoms. The molecule has 1 saturated heterocycles. The Kier molecular flexibility index (Phi) is 8.70. The van der Waals surface area contributed by atoms with Gasteiger partial charge in [0.25, 0.3) is 11.5 Å². The number of aliphatic imine (C=N–C) groups is 1. The van der Waals surface area contributed by atoms with Crippen molar-refractivity contribution in [1.29, 1.82) is 5.41 Å². The van der Waals surface area contributed by atoms with Gasteiger partial charge in [-0.1, -0.05) is 26.0 Å². The molecule has 5 N–H and O–H groups in total. The van der Waals surface area contributed by atoms with Gasteiger partial charge in [0, 0.05) is 60.3 Å². The molecule has 2 aliphatic rings. The maximum atomic E-state index is 13.4. The van der Waals surface area contributed by atoms with Crippen molar-refractivity contribution in [2.24, 2.45) is 16.6 Å². The number of nitrogens with one attached hydrogen (secondary N) is 3. The van der Waals surface area contributed by atoms with Gasteiger partial charge < -0.3 is 20.9 Å². The average molecular weight is 636 g/mol. The Morgan fingerprint density at radius 3 is 2.45 bits per heavy atom. The van der Waals surface area contributed by atoms with Gasteiger partial charge in [0.15, 0.2) is 0 Å². The van der Waals surface area contributed by atoms with E-state index in [0.29, 0.717) is 24.5 Å². The minimum absolute atomic E-state index is 0.0387. The predicted molar refractivity (Wildman–Crippen MR) is 179 cm³/mol. The molecular formula is C34H37N9O4. The largest absolute Gasteiger partial charge is 0.382 e. The van der Waals surface area contributed by atoms with E-state index in [1.54, 1.807) is 30.5 Å². The molecule has 6 rings (SSSR count). The molecule has 3 aromatic heterocycles. The van der Waals surface area contributed by atoms with Crippen LogP contribution in [0.1, 0.15) is 73.2 Å². The number of benzene rings is 1. The Morgan fingerprint density at radius 1 is 1.11 bits per heavy atom. The maximum absolute atomic E-state index is 13.4. The number of hydrogen-bond donors (Lipinski definition) is 4. The molecule has 2 fully saturated rings. The van der Waals surface area contributed by atoms with Crippen molar-refractivity contribution in [2.75, 3.05) is 18.4 Å². The van der Waals surface area contributed by atoms with Crippen molar-refractivity contribution < 1.29 is 9.59 Å². The lowest BCUT2D eigenvalue weighted by Gasteiger charge is -2.32. The monoisotopic (exact) mass is 635 g/mol. The molecule has 1 saturated carbocycles. The summed E-state index contributed by atoms with van der Waals surface area (Å²) in [5.41, 5.74) is 8.77. The summed E-state index contributed by atoms with van der Waals surface area (Å²) < 4.78 is 2.43. The summed E-state index contributed by atoms with van der Waals surface area (Å²) in [6, 6.07) is 12.3. The zero-order valence-electron chi connectivity index (χ0n) is 26.3. The highest BCUT2D eigenvalue weighted by molar-refractivity contribution is 6.06. The van der Waals surface area contributed by atoms with E-state index < -0.39 is 17.2 Å². The van der Waals surface area contributed by atoms with Gasteiger partial charge >= 0.3 is 5.69 Å². The highest BCUT2D eigenvalue weighted by Crippen LogP contribution is 2.35. The van der Waals surface area contributed by atoms with E-state index in [1.807, 2.05) is 36.9 Å². The first-order chi connectivity index (χ1) is 22.7. The second-order valence-electron chi connectivity index (χ2n) is 12.3. The fraction of sp³-hybridized carbons (Fsp3) is 0.324. The average Bonchev–Trinajstić information content (AvgIpc) is 3.82. The molecule has 0 radical (unpaired) electrons. The predicted octanol–water partition coefficient (Wildman–Crippen LogP) is 3.65. The van der Waals surface area contributed by atoms with Crippen LogP contribution in [0.4, 0.5) is 5.69 Å². The van der Waals surface area contributed by atoms with Crippen LogP contribution in [0.25, 0.3) is 16.8 Å². The number of pyridine rings is 1. The lowest BCUT2D eigenvalue weighted by atomic mass is 9.92. The Balaban J connectivity index is 1.25. The number of piperidine rings is 1. The second-order valence-corrected chi connectivity index (χ2v) is 12.3. The number of likely N-dealkylation sites (tertiary alicyclic amines) is 1. The summed E-state index contributed by atoms with van der Waals surface area (Å²) in [7, 11) is 0. The molecular weight excluding hydrogens is 598 g/mol. The standard InChI is InChI=1S/C34H37N9O4/c1-20(2)32(45)41-14-11-22(12-15-41)28-16-26(29(40-28)30(36)38-19-35)21-5-7-23(8-6-21)39-31(44)27-18-42(24-9-10-24)34(47)43(33(27)46)25-4-3-13-37-17-25/h3-8,13,16-20,22,24,40H,9-12,14-15H2,1-2H3,(H,39,44)(H3,35,36,38). The quantitative estimate of drug-likeness (QED) is 0.161. The lowest BCUT2D eigenvalue weighted by molar-refractivity contribution is -0.135. The zero-order chi connectivity index (χ0) is 33.2. The van der Waals surface area contributed by atoms with Crippen LogP contribution in [0.3, 0.4) is 0 Å². The molecule has 13 heteroatoms. The lowest BCUT2D eigenvalue weighted by Crippen LogP contribution is -2.42. The molecule has 1 aliphatic heterocycles. The van der Waals surface area contributed by atoms with Crippen LogP contribution in [0.5, 0.6) is 0 Å². The Hall–Kier alpha value is -5.59. The summed E-state index contributed by atoms with van der Waals surface area (Å²) in [5.74, 6) is -0.150. The van der Waals surface area contributed by atoms with Gasteiger partial charge in [0.2, 0.25) is 5.91 Å². The molecule has 4 heterocycles. The highest BCUT2D eigenvalue weighted by Gasteiger charge is 2.29. The summed E-state index contributed by atoms with van der Waals surface area (Å²) >= 11 is 0. The minimum Gasteiger partial charge on any atom is -0.382 e. The van der Waals surface area contributed by atoms with E-state index in [9.17, 15) is 19.2 Å². The number of aromatic nitrogens is 4. The minimum atomic E-state index is -0.723. The molecule has 2 amide bonds. The number of hydrogen-bond acceptors (Lipinski definition) is 6. The number of carbonyl (C=O) groups is 2.